The fourth-order valence-electron chi connectivity index (χ4n) is 0.784. The third-order valence-electron chi connectivity index (χ3n) is 1.32. The summed E-state index contributed by atoms with van der Waals surface area (Å²) in [6.45, 7) is 3.39. The van der Waals surface area contributed by atoms with Crippen LogP contribution >= 0.6 is 0 Å². The van der Waals surface area contributed by atoms with Crippen LogP contribution in [0.3, 0.4) is 0 Å². The van der Waals surface area contributed by atoms with Gasteiger partial charge in [-0.25, -0.2) is 9.97 Å². The Morgan fingerprint density at radius 1 is 1.46 bits per heavy atom. The predicted molar refractivity (Wildman–Crippen MR) is 40.9 cm³/mol. The quantitative estimate of drug-likeness (QED) is 0.665. The highest BCUT2D eigenvalue weighted by molar-refractivity contribution is 5.07. The third-order valence-corrected chi connectivity index (χ3v) is 1.32. The van der Waals surface area contributed by atoms with Gasteiger partial charge in [0.1, 0.15) is 11.5 Å². The van der Waals surface area contributed by atoms with Crippen molar-refractivity contribution in [1.82, 2.24) is 9.97 Å². The van der Waals surface area contributed by atoms with E-state index in [0.717, 1.165) is 12.3 Å². The number of aromatic nitrogens is 2. The van der Waals surface area contributed by atoms with E-state index < -0.39 is 11.9 Å². The number of rotatable bonds is 2. The molecule has 0 saturated heterocycles. The van der Waals surface area contributed by atoms with E-state index in [1.54, 1.807) is 0 Å². The summed E-state index contributed by atoms with van der Waals surface area (Å²) in [5.41, 5.74) is -0.917. The first-order chi connectivity index (χ1) is 6.04. The molecule has 1 aromatic rings. The van der Waals surface area contributed by atoms with Gasteiger partial charge in [-0.15, -0.1) is 6.58 Å². The van der Waals surface area contributed by atoms with E-state index in [4.69, 9.17) is 0 Å². The predicted octanol–water partition coefficient (Wildman–Crippen LogP) is 2.22. The van der Waals surface area contributed by atoms with Crippen LogP contribution in [0.1, 0.15) is 11.5 Å². The highest BCUT2D eigenvalue weighted by Crippen LogP contribution is 2.26. The van der Waals surface area contributed by atoms with Crippen molar-refractivity contribution in [2.45, 2.75) is 12.6 Å². The van der Waals surface area contributed by atoms with Gasteiger partial charge in [0.25, 0.3) is 0 Å². The maximum absolute atomic E-state index is 12.1. The molecule has 0 saturated carbocycles. The Morgan fingerprint density at radius 2 is 2.15 bits per heavy atom. The fourth-order valence-corrected chi connectivity index (χ4v) is 0.784. The molecule has 0 amide bonds. The number of allylic oxidation sites excluding steroid dienone is 1. The Bertz CT molecular complexity index is 307. The molecule has 0 unspecified atom stereocenters. The van der Waals surface area contributed by atoms with Crippen LogP contribution in [-0.2, 0) is 12.6 Å². The molecule has 13 heavy (non-hydrogen) atoms. The van der Waals surface area contributed by atoms with E-state index in [9.17, 15) is 13.2 Å². The number of alkyl halides is 3. The molecule has 2 nitrogen and oxygen atoms in total. The maximum atomic E-state index is 12.1. The molecular formula is C8H7F3N2. The normalized spacial score (nSPS) is 11.3. The van der Waals surface area contributed by atoms with Crippen molar-refractivity contribution in [2.24, 2.45) is 0 Å². The van der Waals surface area contributed by atoms with Crippen LogP contribution in [0.2, 0.25) is 0 Å². The molecule has 0 aromatic carbocycles. The van der Waals surface area contributed by atoms with Gasteiger partial charge in [0.2, 0.25) is 0 Å². The van der Waals surface area contributed by atoms with Gasteiger partial charge < -0.3 is 0 Å². The average molecular weight is 188 g/mol. The minimum Gasteiger partial charge on any atom is -0.241 e. The minimum atomic E-state index is -4.40. The Balaban J connectivity index is 2.98. The molecule has 0 bridgehead atoms. The summed E-state index contributed by atoms with van der Waals surface area (Å²) in [6, 6.07) is 0.840. The topological polar surface area (TPSA) is 25.8 Å². The zero-order valence-corrected chi connectivity index (χ0v) is 6.67. The minimum absolute atomic E-state index is 0.129. The molecule has 0 N–H and O–H groups in total. The summed E-state index contributed by atoms with van der Waals surface area (Å²) in [5.74, 6) is 0.129. The van der Waals surface area contributed by atoms with Crippen LogP contribution in [-0.4, -0.2) is 9.97 Å². The highest BCUT2D eigenvalue weighted by atomic mass is 19.4. The molecule has 0 aliphatic carbocycles. The summed E-state index contributed by atoms with van der Waals surface area (Å²) in [5, 5.41) is 0. The largest absolute Gasteiger partial charge is 0.433 e. The monoisotopic (exact) mass is 188 g/mol. The van der Waals surface area contributed by atoms with E-state index in [1.165, 1.54) is 6.08 Å². The smallest absolute Gasteiger partial charge is 0.241 e. The van der Waals surface area contributed by atoms with Crippen molar-refractivity contribution >= 4 is 0 Å². The molecule has 1 rings (SSSR count). The summed E-state index contributed by atoms with van der Waals surface area (Å²) in [7, 11) is 0. The fraction of sp³-hybridized carbons (Fsp3) is 0.250. The molecule has 0 fully saturated rings. The summed E-state index contributed by atoms with van der Waals surface area (Å²) >= 11 is 0. The van der Waals surface area contributed by atoms with Gasteiger partial charge in [0.05, 0.1) is 0 Å². The Labute approximate surface area is 73.1 Å². The molecule has 1 heterocycles. The SMILES string of the molecule is C=CCc1nccc(C(F)(F)F)n1. The number of nitrogens with zero attached hydrogens (tertiary/aromatic N) is 2. The lowest BCUT2D eigenvalue weighted by Gasteiger charge is -2.05. The first kappa shape index (κ1) is 9.70. The van der Waals surface area contributed by atoms with Crippen LogP contribution in [0.5, 0.6) is 0 Å². The van der Waals surface area contributed by atoms with Crippen molar-refractivity contribution in [3.05, 3.63) is 36.4 Å². The van der Waals surface area contributed by atoms with Crippen LogP contribution < -0.4 is 0 Å². The van der Waals surface area contributed by atoms with Gasteiger partial charge in [-0.1, -0.05) is 6.08 Å². The number of hydrogen-bond donors (Lipinski definition) is 0. The zero-order valence-electron chi connectivity index (χ0n) is 6.67. The molecule has 5 heteroatoms. The first-order valence-corrected chi connectivity index (χ1v) is 3.54. The summed E-state index contributed by atoms with van der Waals surface area (Å²) in [6.07, 6.45) is -1.62. The average Bonchev–Trinajstić information content (AvgIpc) is 2.04. The van der Waals surface area contributed by atoms with Crippen molar-refractivity contribution in [1.29, 1.82) is 0 Å². The van der Waals surface area contributed by atoms with Crippen LogP contribution in [0.25, 0.3) is 0 Å². The standard InChI is InChI=1S/C8H7F3N2/c1-2-3-7-12-5-4-6(13-7)8(9,10)11/h2,4-5H,1,3H2. The lowest BCUT2D eigenvalue weighted by Crippen LogP contribution is -2.10. The van der Waals surface area contributed by atoms with Crippen molar-refractivity contribution in [3.63, 3.8) is 0 Å². The van der Waals surface area contributed by atoms with E-state index in [-0.39, 0.29) is 12.2 Å². The molecule has 0 atom stereocenters. The van der Waals surface area contributed by atoms with E-state index in [2.05, 4.69) is 16.5 Å². The lowest BCUT2D eigenvalue weighted by atomic mass is 10.3. The summed E-state index contributed by atoms with van der Waals surface area (Å²) < 4.78 is 36.3. The molecule has 1 aromatic heterocycles. The maximum Gasteiger partial charge on any atom is 0.433 e. The lowest BCUT2D eigenvalue weighted by molar-refractivity contribution is -0.141. The number of halogens is 3. The number of hydrogen-bond acceptors (Lipinski definition) is 2. The van der Waals surface area contributed by atoms with Gasteiger partial charge in [0, 0.05) is 12.6 Å². The third kappa shape index (κ3) is 2.54. The van der Waals surface area contributed by atoms with Crippen LogP contribution in [0.15, 0.2) is 24.9 Å². The highest BCUT2D eigenvalue weighted by Gasteiger charge is 2.32. The molecule has 0 spiro atoms. The second-order valence-corrected chi connectivity index (χ2v) is 2.35. The Hall–Kier alpha value is -1.39. The molecule has 0 radical (unpaired) electrons. The van der Waals surface area contributed by atoms with E-state index in [0.29, 0.717) is 0 Å². The van der Waals surface area contributed by atoms with Crippen molar-refractivity contribution < 1.29 is 13.2 Å². The second-order valence-electron chi connectivity index (χ2n) is 2.35. The molecule has 0 aliphatic rings. The van der Waals surface area contributed by atoms with Crippen molar-refractivity contribution in [2.75, 3.05) is 0 Å². The molecule has 70 valence electrons. The zero-order chi connectivity index (χ0) is 9.90. The van der Waals surface area contributed by atoms with Gasteiger partial charge in [-0.3, -0.25) is 0 Å². The molecule has 0 aliphatic heterocycles. The first-order valence-electron chi connectivity index (χ1n) is 3.54. The van der Waals surface area contributed by atoms with Crippen LogP contribution in [0, 0.1) is 0 Å². The van der Waals surface area contributed by atoms with Gasteiger partial charge in [-0.05, 0) is 6.07 Å². The second kappa shape index (κ2) is 3.55. The van der Waals surface area contributed by atoms with Gasteiger partial charge in [0.15, 0.2) is 0 Å². The summed E-state index contributed by atoms with van der Waals surface area (Å²) in [4.78, 5) is 6.99. The van der Waals surface area contributed by atoms with E-state index >= 15 is 0 Å². The van der Waals surface area contributed by atoms with E-state index in [1.807, 2.05) is 0 Å². The Morgan fingerprint density at radius 3 is 2.69 bits per heavy atom. The Kier molecular flexibility index (Phi) is 2.65. The van der Waals surface area contributed by atoms with Gasteiger partial charge in [-0.2, -0.15) is 13.2 Å². The molecular weight excluding hydrogens is 181 g/mol. The van der Waals surface area contributed by atoms with Crippen molar-refractivity contribution in [3.8, 4) is 0 Å². The van der Waals surface area contributed by atoms with Gasteiger partial charge >= 0.3 is 6.18 Å². The van der Waals surface area contributed by atoms with Crippen LogP contribution in [0.4, 0.5) is 13.2 Å².